The van der Waals surface area contributed by atoms with Crippen LogP contribution in [0.25, 0.3) is 0 Å². The highest BCUT2D eigenvalue weighted by Gasteiger charge is 2.33. The summed E-state index contributed by atoms with van der Waals surface area (Å²) in [5.41, 5.74) is 2.11. The molecular formula is C20H23N5O2. The Kier molecular flexibility index (Phi) is 5.49. The van der Waals surface area contributed by atoms with Crippen molar-refractivity contribution in [3.63, 3.8) is 0 Å². The number of pyridine rings is 1. The fraction of sp³-hybridized carbons (Fsp3) is 0.300. The molecule has 1 amide bonds. The molecule has 3 rings (SSSR count). The summed E-state index contributed by atoms with van der Waals surface area (Å²) in [6.45, 7) is 1.90. The van der Waals surface area contributed by atoms with Gasteiger partial charge in [-0.25, -0.2) is 4.98 Å². The summed E-state index contributed by atoms with van der Waals surface area (Å²) >= 11 is 0. The van der Waals surface area contributed by atoms with Gasteiger partial charge in [-0.15, -0.1) is 0 Å². The molecule has 140 valence electrons. The van der Waals surface area contributed by atoms with Gasteiger partial charge in [-0.2, -0.15) is 5.10 Å². The van der Waals surface area contributed by atoms with Crippen molar-refractivity contribution in [1.29, 1.82) is 0 Å². The van der Waals surface area contributed by atoms with Crippen molar-refractivity contribution in [3.8, 4) is 0 Å². The molecule has 2 aromatic rings. The molecule has 0 bridgehead atoms. The number of aromatic nitrogens is 1. The second kappa shape index (κ2) is 7.99. The second-order valence-electron chi connectivity index (χ2n) is 6.66. The van der Waals surface area contributed by atoms with E-state index in [4.69, 9.17) is 0 Å². The van der Waals surface area contributed by atoms with E-state index in [-0.39, 0.29) is 11.7 Å². The fourth-order valence-electron chi connectivity index (χ4n) is 2.88. The lowest BCUT2D eigenvalue weighted by Crippen LogP contribution is -2.34. The minimum atomic E-state index is -0.450. The first-order valence-electron chi connectivity index (χ1n) is 8.78. The fourth-order valence-corrected chi connectivity index (χ4v) is 2.88. The van der Waals surface area contributed by atoms with E-state index in [9.17, 15) is 9.59 Å². The maximum Gasteiger partial charge on any atom is 0.267 e. The van der Waals surface area contributed by atoms with Crippen LogP contribution in [0.5, 0.6) is 0 Å². The maximum absolute atomic E-state index is 12.6. The third-order valence-electron chi connectivity index (χ3n) is 4.38. The van der Waals surface area contributed by atoms with Gasteiger partial charge in [0.2, 0.25) is 0 Å². The van der Waals surface area contributed by atoms with Gasteiger partial charge in [0.15, 0.2) is 5.78 Å². The summed E-state index contributed by atoms with van der Waals surface area (Å²) in [5, 5.41) is 8.93. The van der Waals surface area contributed by atoms with E-state index in [1.165, 1.54) is 6.92 Å². The van der Waals surface area contributed by atoms with Gasteiger partial charge >= 0.3 is 0 Å². The standard InChI is InChI=1S/C20H23N5O2/c1-14(26)18-12-17(23-25(18)16-7-5-4-6-8-16)20(27)22-13-15-9-10-21-19(11-15)24(2)3/h4-11,18H,12-13H2,1-3H3,(H,22,27). The Bertz CT molecular complexity index is 864. The zero-order valence-corrected chi connectivity index (χ0v) is 15.7. The van der Waals surface area contributed by atoms with Crippen LogP contribution in [0.15, 0.2) is 53.8 Å². The molecule has 1 aliphatic heterocycles. The van der Waals surface area contributed by atoms with Crippen molar-refractivity contribution >= 4 is 28.9 Å². The molecule has 1 aromatic heterocycles. The van der Waals surface area contributed by atoms with Gasteiger partial charge in [-0.1, -0.05) is 18.2 Å². The number of hydrogen-bond acceptors (Lipinski definition) is 6. The topological polar surface area (TPSA) is 77.9 Å². The van der Waals surface area contributed by atoms with Crippen molar-refractivity contribution < 1.29 is 9.59 Å². The van der Waals surface area contributed by atoms with Crippen molar-refractivity contribution in [1.82, 2.24) is 10.3 Å². The number of rotatable bonds is 6. The Morgan fingerprint density at radius 3 is 2.63 bits per heavy atom. The molecule has 0 saturated carbocycles. The SMILES string of the molecule is CC(=O)C1CC(C(=O)NCc2ccnc(N(C)C)c2)=NN1c1ccccc1. The van der Waals surface area contributed by atoms with Crippen LogP contribution in [0, 0.1) is 0 Å². The van der Waals surface area contributed by atoms with Gasteiger partial charge in [0.1, 0.15) is 17.6 Å². The van der Waals surface area contributed by atoms with Gasteiger partial charge in [0.25, 0.3) is 5.91 Å². The van der Waals surface area contributed by atoms with Gasteiger partial charge in [0, 0.05) is 33.3 Å². The third-order valence-corrected chi connectivity index (χ3v) is 4.38. The van der Waals surface area contributed by atoms with Crippen LogP contribution >= 0.6 is 0 Å². The van der Waals surface area contributed by atoms with Gasteiger partial charge in [-0.05, 0) is 36.8 Å². The van der Waals surface area contributed by atoms with Gasteiger partial charge in [0.05, 0.1) is 5.69 Å². The van der Waals surface area contributed by atoms with E-state index < -0.39 is 6.04 Å². The van der Waals surface area contributed by atoms with Crippen molar-refractivity contribution in [2.24, 2.45) is 5.10 Å². The molecular weight excluding hydrogens is 342 g/mol. The largest absolute Gasteiger partial charge is 0.363 e. The monoisotopic (exact) mass is 365 g/mol. The van der Waals surface area contributed by atoms with E-state index in [1.54, 1.807) is 11.2 Å². The molecule has 1 atom stereocenters. The summed E-state index contributed by atoms with van der Waals surface area (Å²) in [7, 11) is 3.83. The minimum Gasteiger partial charge on any atom is -0.363 e. The Hall–Kier alpha value is -3.22. The second-order valence-corrected chi connectivity index (χ2v) is 6.66. The van der Waals surface area contributed by atoms with Crippen LogP contribution in [0.4, 0.5) is 11.5 Å². The maximum atomic E-state index is 12.6. The molecule has 0 radical (unpaired) electrons. The predicted molar refractivity (Wildman–Crippen MR) is 106 cm³/mol. The number of carbonyl (C=O) groups is 2. The number of nitrogens with one attached hydrogen (secondary N) is 1. The highest BCUT2D eigenvalue weighted by Crippen LogP contribution is 2.25. The molecule has 27 heavy (non-hydrogen) atoms. The van der Waals surface area contributed by atoms with E-state index in [0.717, 1.165) is 17.1 Å². The Morgan fingerprint density at radius 1 is 1.22 bits per heavy atom. The smallest absolute Gasteiger partial charge is 0.267 e. The van der Waals surface area contributed by atoms with Crippen LogP contribution in [-0.4, -0.2) is 42.5 Å². The Balaban J connectivity index is 1.71. The lowest BCUT2D eigenvalue weighted by molar-refractivity contribution is -0.118. The lowest BCUT2D eigenvalue weighted by atomic mass is 10.1. The molecule has 1 N–H and O–H groups in total. The number of carbonyl (C=O) groups excluding carboxylic acids is 2. The van der Waals surface area contributed by atoms with Crippen LogP contribution in [0.2, 0.25) is 0 Å². The molecule has 2 heterocycles. The Morgan fingerprint density at radius 2 is 1.96 bits per heavy atom. The van der Waals surface area contributed by atoms with Gasteiger partial charge < -0.3 is 10.2 Å². The summed E-state index contributed by atoms with van der Waals surface area (Å²) in [5.74, 6) is 0.546. The van der Waals surface area contributed by atoms with E-state index in [1.807, 2.05) is 61.5 Å². The molecule has 0 aliphatic carbocycles. The average molecular weight is 365 g/mol. The normalized spacial score (nSPS) is 16.0. The highest BCUT2D eigenvalue weighted by molar-refractivity contribution is 6.40. The Labute approximate surface area is 158 Å². The summed E-state index contributed by atoms with van der Waals surface area (Å²) in [6, 6.07) is 12.7. The number of ketones is 1. The summed E-state index contributed by atoms with van der Waals surface area (Å²) in [4.78, 5) is 30.8. The molecule has 0 spiro atoms. The summed E-state index contributed by atoms with van der Waals surface area (Å²) in [6.07, 6.45) is 2.02. The van der Waals surface area contributed by atoms with Crippen LogP contribution in [0.3, 0.4) is 0 Å². The molecule has 0 fully saturated rings. The highest BCUT2D eigenvalue weighted by atomic mass is 16.2. The molecule has 1 aromatic carbocycles. The molecule has 7 heteroatoms. The first kappa shape index (κ1) is 18.6. The third kappa shape index (κ3) is 4.31. The molecule has 0 saturated heterocycles. The zero-order valence-electron chi connectivity index (χ0n) is 15.7. The van der Waals surface area contributed by atoms with Crippen molar-refractivity contribution in [2.75, 3.05) is 24.0 Å². The van der Waals surface area contributed by atoms with E-state index in [2.05, 4.69) is 15.4 Å². The number of nitrogens with zero attached hydrogens (tertiary/aromatic N) is 4. The number of anilines is 2. The number of hydrogen-bond donors (Lipinski definition) is 1. The number of Topliss-reactive ketones (excluding diaryl/α,β-unsaturated/α-hetero) is 1. The van der Waals surface area contributed by atoms with E-state index in [0.29, 0.717) is 18.7 Å². The number of amides is 1. The van der Waals surface area contributed by atoms with E-state index >= 15 is 0 Å². The van der Waals surface area contributed by atoms with Crippen LogP contribution in [-0.2, 0) is 16.1 Å². The van der Waals surface area contributed by atoms with Gasteiger partial charge in [-0.3, -0.25) is 14.6 Å². The average Bonchev–Trinajstić information content (AvgIpc) is 3.13. The zero-order chi connectivity index (χ0) is 19.4. The number of benzene rings is 1. The first-order valence-corrected chi connectivity index (χ1v) is 8.78. The minimum absolute atomic E-state index is 0.0184. The lowest BCUT2D eigenvalue weighted by Gasteiger charge is -2.20. The van der Waals surface area contributed by atoms with Crippen LogP contribution < -0.4 is 15.2 Å². The number of para-hydroxylation sites is 1. The molecule has 7 nitrogen and oxygen atoms in total. The number of hydrazone groups is 1. The molecule has 1 aliphatic rings. The quantitative estimate of drug-likeness (QED) is 0.847. The first-order chi connectivity index (χ1) is 13.0. The van der Waals surface area contributed by atoms with Crippen molar-refractivity contribution in [3.05, 3.63) is 54.2 Å². The molecule has 1 unspecified atom stereocenters. The van der Waals surface area contributed by atoms with Crippen molar-refractivity contribution in [2.45, 2.75) is 25.9 Å². The van der Waals surface area contributed by atoms with Crippen LogP contribution in [0.1, 0.15) is 18.9 Å². The summed E-state index contributed by atoms with van der Waals surface area (Å²) < 4.78 is 0. The predicted octanol–water partition coefficient (Wildman–Crippen LogP) is 1.99.